The first-order chi connectivity index (χ1) is 16.6. The van der Waals surface area contributed by atoms with Gasteiger partial charge < -0.3 is 21.3 Å². The smallest absolute Gasteiger partial charge is 0.415 e. The molecule has 1 atom stereocenters. The van der Waals surface area contributed by atoms with Crippen LogP contribution in [0.1, 0.15) is 68.8 Å². The molecule has 0 radical (unpaired) electrons. The largest absolute Gasteiger partial charge is 0.476 e. The van der Waals surface area contributed by atoms with Crippen LogP contribution in [0.2, 0.25) is 0 Å². The van der Waals surface area contributed by atoms with Crippen molar-refractivity contribution in [3.63, 3.8) is 0 Å². The van der Waals surface area contributed by atoms with Gasteiger partial charge in [0, 0.05) is 22.5 Å². The highest BCUT2D eigenvalue weighted by Crippen LogP contribution is 2.28. The van der Waals surface area contributed by atoms with E-state index in [9.17, 15) is 18.0 Å². The average Bonchev–Trinajstić information content (AvgIpc) is 2.80. The Morgan fingerprint density at radius 2 is 1.66 bits per heavy atom. The van der Waals surface area contributed by atoms with Crippen LogP contribution in [0.3, 0.4) is 0 Å². The Hall–Kier alpha value is -2.30. The van der Waals surface area contributed by atoms with Crippen molar-refractivity contribution in [3.8, 4) is 0 Å². The number of carboxylic acids is 1. The molecule has 0 aliphatic heterocycles. The summed E-state index contributed by atoms with van der Waals surface area (Å²) in [7, 11) is 0. The minimum atomic E-state index is -4.51. The van der Waals surface area contributed by atoms with E-state index in [-0.39, 0.29) is 11.4 Å². The summed E-state index contributed by atoms with van der Waals surface area (Å²) in [4.78, 5) is 16.4. The maximum atomic E-state index is 11.9. The first kappa shape index (κ1) is 30.7. The number of carboxylic acid groups (broad SMARTS) is 1. The van der Waals surface area contributed by atoms with Gasteiger partial charge >= 0.3 is 12.1 Å². The molecule has 2 rings (SSSR count). The van der Waals surface area contributed by atoms with Crippen molar-refractivity contribution in [1.29, 1.82) is 0 Å². The van der Waals surface area contributed by atoms with Crippen molar-refractivity contribution >= 4 is 23.4 Å². The Balaban J connectivity index is 0.000000350. The maximum absolute atomic E-state index is 11.9. The zero-order valence-electron chi connectivity index (χ0n) is 20.1. The molecule has 1 unspecified atom stereocenters. The molecule has 0 aliphatic carbocycles. The van der Waals surface area contributed by atoms with Gasteiger partial charge in [-0.25, -0.2) is 9.78 Å². The molecule has 196 valence electrons. The molecule has 5 N–H and O–H groups in total. The number of aromatic nitrogens is 1. The first-order valence-electron chi connectivity index (χ1n) is 11.8. The van der Waals surface area contributed by atoms with Crippen LogP contribution in [-0.4, -0.2) is 46.5 Å². The number of hydrogen-bond acceptors (Lipinski definition) is 6. The summed E-state index contributed by atoms with van der Waals surface area (Å²) in [6, 6.07) is 11.4. The van der Waals surface area contributed by atoms with Crippen molar-refractivity contribution in [2.45, 2.75) is 80.4 Å². The third-order valence-corrected chi connectivity index (χ3v) is 5.96. The minimum absolute atomic E-state index is 0.109. The van der Waals surface area contributed by atoms with E-state index in [1.54, 1.807) is 6.07 Å². The molecule has 6 nitrogen and oxygen atoms in total. The van der Waals surface area contributed by atoms with Gasteiger partial charge in [-0.05, 0) is 31.2 Å². The number of halogens is 3. The summed E-state index contributed by atoms with van der Waals surface area (Å²) in [6.07, 6.45) is 4.11. The van der Waals surface area contributed by atoms with Gasteiger partial charge in [-0.15, -0.1) is 0 Å². The minimum Gasteiger partial charge on any atom is -0.476 e. The number of pyridine rings is 1. The number of unbranched alkanes of at least 4 members (excludes halogenated alkanes) is 7. The molecule has 0 bridgehead atoms. The number of nitrogens with two attached hydrogens (primary N) is 1. The third kappa shape index (κ3) is 14.0. The first-order valence-corrected chi connectivity index (χ1v) is 12.6. The number of nitrogens with zero attached hydrogens (tertiary/aromatic N) is 1. The number of aliphatic hydroxyl groups is 1. The maximum Gasteiger partial charge on any atom is 0.415 e. The Morgan fingerprint density at radius 1 is 1.06 bits per heavy atom. The van der Waals surface area contributed by atoms with Gasteiger partial charge in [-0.3, -0.25) is 0 Å². The van der Waals surface area contributed by atoms with Gasteiger partial charge in [-0.1, -0.05) is 81.8 Å². The fourth-order valence-corrected chi connectivity index (χ4v) is 3.92. The van der Waals surface area contributed by atoms with Crippen LogP contribution in [0.25, 0.3) is 0 Å². The lowest BCUT2D eigenvalue weighted by molar-refractivity contribution is -0.201. The molecular formula is C25H36F3N3O3S. The number of nitrogens with one attached hydrogen (secondary N) is 1. The number of aromatic carboxylic acids is 1. The second-order valence-corrected chi connectivity index (χ2v) is 9.21. The molecule has 1 aromatic heterocycles. The molecule has 0 amide bonds. The van der Waals surface area contributed by atoms with Crippen molar-refractivity contribution < 1.29 is 28.2 Å². The topological polar surface area (TPSA) is 108 Å². The van der Waals surface area contributed by atoms with Crippen molar-refractivity contribution in [3.05, 3.63) is 48.3 Å². The molecule has 1 aromatic carbocycles. The molecule has 0 spiro atoms. The molecule has 0 aliphatic rings. The number of anilines is 1. The standard InChI is InChI=1S/C13H26F3NO.C12H10N2O2S/c1-2-3-4-5-6-7-8-9-10-17-11-12(18)13(14,15)16;13-10-6-9(7-14-11(10)12(15)16)17-8-4-2-1-3-5-8/h12,17-18H,2-11H2,1H3;1-7H,13H2,(H,15,16). The van der Waals surface area contributed by atoms with E-state index in [4.69, 9.17) is 15.9 Å². The van der Waals surface area contributed by atoms with E-state index in [1.807, 2.05) is 30.3 Å². The third-order valence-electron chi connectivity index (χ3n) is 5.00. The number of hydrogen-bond donors (Lipinski definition) is 4. The van der Waals surface area contributed by atoms with Gasteiger partial charge in [-0.2, -0.15) is 13.2 Å². The van der Waals surface area contributed by atoms with Gasteiger partial charge in [0.2, 0.25) is 0 Å². The molecule has 0 saturated carbocycles. The Labute approximate surface area is 209 Å². The van der Waals surface area contributed by atoms with Crippen LogP contribution in [0.15, 0.2) is 52.4 Å². The van der Waals surface area contributed by atoms with E-state index >= 15 is 0 Å². The average molecular weight is 516 g/mol. The Kier molecular flexibility index (Phi) is 15.1. The molecule has 2 aromatic rings. The lowest BCUT2D eigenvalue weighted by Gasteiger charge is -2.14. The quantitative estimate of drug-likeness (QED) is 0.223. The summed E-state index contributed by atoms with van der Waals surface area (Å²) in [5.74, 6) is -1.11. The van der Waals surface area contributed by atoms with Crippen LogP contribution >= 0.6 is 11.8 Å². The van der Waals surface area contributed by atoms with E-state index in [1.165, 1.54) is 50.1 Å². The monoisotopic (exact) mass is 515 g/mol. The van der Waals surface area contributed by atoms with Gasteiger partial charge in [0.15, 0.2) is 11.8 Å². The molecule has 0 saturated heterocycles. The number of alkyl halides is 3. The van der Waals surface area contributed by atoms with Crippen molar-refractivity contribution in [1.82, 2.24) is 10.3 Å². The summed E-state index contributed by atoms with van der Waals surface area (Å²) in [5, 5.41) is 20.2. The Bertz CT molecular complexity index is 855. The highest BCUT2D eigenvalue weighted by atomic mass is 32.2. The Morgan fingerprint density at radius 3 is 2.20 bits per heavy atom. The van der Waals surface area contributed by atoms with Gasteiger partial charge in [0.05, 0.1) is 5.69 Å². The summed E-state index contributed by atoms with van der Waals surface area (Å²) < 4.78 is 35.8. The molecule has 35 heavy (non-hydrogen) atoms. The van der Waals surface area contributed by atoms with Crippen molar-refractivity contribution in [2.24, 2.45) is 0 Å². The predicted octanol–water partition coefficient (Wildman–Crippen LogP) is 6.15. The molecule has 1 heterocycles. The highest BCUT2D eigenvalue weighted by Gasteiger charge is 2.37. The summed E-state index contributed by atoms with van der Waals surface area (Å²) in [6.45, 7) is 2.32. The van der Waals surface area contributed by atoms with Crippen LogP contribution in [-0.2, 0) is 0 Å². The molecule has 10 heteroatoms. The number of nitrogen functional groups attached to an aromatic ring is 1. The van der Waals surface area contributed by atoms with Gasteiger partial charge in [0.25, 0.3) is 0 Å². The number of benzene rings is 1. The van der Waals surface area contributed by atoms with E-state index in [2.05, 4.69) is 17.2 Å². The SMILES string of the molecule is CCCCCCCCCCNCC(O)C(F)(F)F.Nc1cc(Sc2ccccc2)cnc1C(=O)O. The lowest BCUT2D eigenvalue weighted by atomic mass is 10.1. The zero-order chi connectivity index (χ0) is 26.1. The highest BCUT2D eigenvalue weighted by molar-refractivity contribution is 7.99. The summed E-state index contributed by atoms with van der Waals surface area (Å²) >= 11 is 1.49. The van der Waals surface area contributed by atoms with Crippen LogP contribution < -0.4 is 11.1 Å². The number of rotatable bonds is 14. The van der Waals surface area contributed by atoms with E-state index in [0.717, 1.165) is 29.1 Å². The molecule has 0 fully saturated rings. The zero-order valence-corrected chi connectivity index (χ0v) is 20.9. The summed E-state index contributed by atoms with van der Waals surface area (Å²) in [5.41, 5.74) is 5.69. The number of carbonyl (C=O) groups is 1. The second kappa shape index (κ2) is 17.2. The van der Waals surface area contributed by atoms with Crippen LogP contribution in [0.4, 0.5) is 18.9 Å². The fraction of sp³-hybridized carbons (Fsp3) is 0.520. The van der Waals surface area contributed by atoms with E-state index < -0.39 is 24.8 Å². The van der Waals surface area contributed by atoms with Crippen LogP contribution in [0.5, 0.6) is 0 Å². The number of aliphatic hydroxyl groups excluding tert-OH is 1. The van der Waals surface area contributed by atoms with E-state index in [0.29, 0.717) is 6.54 Å². The van der Waals surface area contributed by atoms with Gasteiger partial charge in [0.1, 0.15) is 0 Å². The normalized spacial score (nSPS) is 12.0. The predicted molar refractivity (Wildman–Crippen MR) is 134 cm³/mol. The second-order valence-electron chi connectivity index (χ2n) is 8.07. The van der Waals surface area contributed by atoms with Crippen molar-refractivity contribution in [2.75, 3.05) is 18.8 Å². The van der Waals surface area contributed by atoms with Crippen LogP contribution in [0, 0.1) is 0 Å². The fourth-order valence-electron chi connectivity index (χ4n) is 3.06. The lowest BCUT2D eigenvalue weighted by Crippen LogP contribution is -2.38. The molecular weight excluding hydrogens is 479 g/mol.